The van der Waals surface area contributed by atoms with Gasteiger partial charge in [-0.05, 0) is 12.8 Å². The second-order valence-electron chi connectivity index (χ2n) is 7.27. The Morgan fingerprint density at radius 1 is 0.962 bits per heavy atom. The van der Waals surface area contributed by atoms with E-state index in [1.807, 2.05) is 6.92 Å². The molecule has 2 aliphatic carbocycles. The van der Waals surface area contributed by atoms with Gasteiger partial charge in [-0.2, -0.15) is 22.0 Å². The summed E-state index contributed by atoms with van der Waals surface area (Å²) < 4.78 is 96.7. The van der Waals surface area contributed by atoms with Crippen molar-refractivity contribution in [3.8, 4) is 0 Å². The second kappa shape index (κ2) is 7.15. The van der Waals surface area contributed by atoms with Crippen LogP contribution in [0.1, 0.15) is 58.3 Å². The van der Waals surface area contributed by atoms with Gasteiger partial charge in [-0.3, -0.25) is 4.79 Å². The maximum absolute atomic E-state index is 15.4. The monoisotopic (exact) mass is 388 g/mol. The number of carbonyl (C=O) groups excluding carboxylic acids is 1. The Balaban J connectivity index is 2.19. The molecular formula is C18H23F7O. The lowest BCUT2D eigenvalue weighted by Gasteiger charge is -2.43. The summed E-state index contributed by atoms with van der Waals surface area (Å²) in [5.74, 6) is -11.0. The minimum absolute atomic E-state index is 0.142. The van der Waals surface area contributed by atoms with Crippen molar-refractivity contribution in [1.82, 2.24) is 0 Å². The first-order valence-corrected chi connectivity index (χ1v) is 8.98. The summed E-state index contributed by atoms with van der Waals surface area (Å²) in [4.78, 5) is 12.3. The minimum atomic E-state index is -6.28. The molecule has 0 heterocycles. The van der Waals surface area contributed by atoms with Gasteiger partial charge in [0.25, 0.3) is 0 Å². The van der Waals surface area contributed by atoms with Gasteiger partial charge in [0.15, 0.2) is 5.78 Å². The summed E-state index contributed by atoms with van der Waals surface area (Å²) in [7, 11) is 0. The zero-order valence-corrected chi connectivity index (χ0v) is 14.5. The number of hydrogen-bond acceptors (Lipinski definition) is 1. The van der Waals surface area contributed by atoms with Crippen LogP contribution >= 0.6 is 0 Å². The van der Waals surface area contributed by atoms with Crippen molar-refractivity contribution in [2.24, 2.45) is 11.8 Å². The molecule has 2 aliphatic rings. The summed E-state index contributed by atoms with van der Waals surface area (Å²) in [6, 6.07) is 0. The van der Waals surface area contributed by atoms with Crippen molar-refractivity contribution < 1.29 is 35.5 Å². The number of unbranched alkanes of at least 4 members (excludes halogenated alkanes) is 5. The van der Waals surface area contributed by atoms with Crippen molar-refractivity contribution in [1.29, 1.82) is 0 Å². The van der Waals surface area contributed by atoms with Crippen molar-refractivity contribution >= 4 is 5.78 Å². The highest BCUT2D eigenvalue weighted by Crippen LogP contribution is 2.66. The molecule has 0 spiro atoms. The zero-order chi connectivity index (χ0) is 19.8. The van der Waals surface area contributed by atoms with Crippen molar-refractivity contribution in [3.63, 3.8) is 0 Å². The largest absolute Gasteiger partial charge is 0.456 e. The minimum Gasteiger partial charge on any atom is -0.296 e. The van der Waals surface area contributed by atoms with Gasteiger partial charge < -0.3 is 0 Å². The fourth-order valence-electron chi connectivity index (χ4n) is 4.15. The summed E-state index contributed by atoms with van der Waals surface area (Å²) in [5.41, 5.74) is -8.45. The molecule has 0 aliphatic heterocycles. The van der Waals surface area contributed by atoms with Crippen molar-refractivity contribution in [3.05, 3.63) is 12.2 Å². The van der Waals surface area contributed by atoms with E-state index < -0.39 is 53.9 Å². The van der Waals surface area contributed by atoms with Crippen LogP contribution in [0.5, 0.6) is 0 Å². The van der Waals surface area contributed by atoms with Crippen LogP contribution in [0.3, 0.4) is 0 Å². The first-order valence-electron chi connectivity index (χ1n) is 8.98. The van der Waals surface area contributed by atoms with Gasteiger partial charge in [-0.25, -0.2) is 8.78 Å². The first-order chi connectivity index (χ1) is 11.9. The SMILES string of the molecule is CCCCCCCCC(=O)[C@]1(F)[C@@H]2C=C[C@@H](C2)[C@@]1(F)C(F)(F)C(F)(F)F. The van der Waals surface area contributed by atoms with Crippen LogP contribution in [0.2, 0.25) is 0 Å². The average Bonchev–Trinajstić information content (AvgIpc) is 3.12. The third kappa shape index (κ3) is 2.97. The van der Waals surface area contributed by atoms with E-state index in [0.717, 1.165) is 37.8 Å². The fraction of sp³-hybridized carbons (Fsp3) is 0.833. The molecule has 150 valence electrons. The number of alkyl halides is 7. The molecule has 0 amide bonds. The fourth-order valence-corrected chi connectivity index (χ4v) is 4.15. The second-order valence-corrected chi connectivity index (χ2v) is 7.27. The zero-order valence-electron chi connectivity index (χ0n) is 14.5. The number of allylic oxidation sites excluding steroid dienone is 2. The van der Waals surface area contributed by atoms with Crippen LogP contribution in [-0.4, -0.2) is 29.2 Å². The average molecular weight is 388 g/mol. The molecule has 1 fully saturated rings. The predicted octanol–water partition coefficient (Wildman–Crippen LogP) is 6.13. The Kier molecular flexibility index (Phi) is 5.84. The highest BCUT2D eigenvalue weighted by molar-refractivity contribution is 5.91. The molecule has 1 saturated carbocycles. The maximum Gasteiger partial charge on any atom is 0.456 e. The number of fused-ring (bicyclic) bond motifs is 2. The maximum atomic E-state index is 15.4. The molecule has 0 aromatic heterocycles. The summed E-state index contributed by atoms with van der Waals surface area (Å²) in [6.07, 6.45) is -1.25. The number of Topliss-reactive ketones (excluding diaryl/α,β-unsaturated/α-hetero) is 1. The normalized spacial score (nSPS) is 33.8. The van der Waals surface area contributed by atoms with Crippen molar-refractivity contribution in [2.75, 3.05) is 0 Å². The van der Waals surface area contributed by atoms with Gasteiger partial charge in [0, 0.05) is 18.3 Å². The van der Waals surface area contributed by atoms with E-state index in [9.17, 15) is 26.7 Å². The summed E-state index contributed by atoms with van der Waals surface area (Å²) in [5, 5.41) is 0. The molecule has 8 heteroatoms. The standard InChI is InChI=1S/C18H23F7O/c1-2-3-4-5-6-7-8-14(26)15(19)12-9-10-13(11-12)16(15,20)17(21,22)18(23,24)25/h9-10,12-13H,2-8,11H2,1H3/t12-,13+,15-,16+/m1/s1. The van der Waals surface area contributed by atoms with E-state index in [2.05, 4.69) is 0 Å². The lowest BCUT2D eigenvalue weighted by Crippen LogP contribution is -2.69. The first kappa shape index (κ1) is 21.2. The molecule has 2 bridgehead atoms. The number of ketones is 1. The summed E-state index contributed by atoms with van der Waals surface area (Å²) in [6.45, 7) is 2.00. The number of rotatable bonds is 9. The van der Waals surface area contributed by atoms with E-state index in [1.165, 1.54) is 0 Å². The molecule has 1 nitrogen and oxygen atoms in total. The molecule has 26 heavy (non-hydrogen) atoms. The molecule has 0 aromatic carbocycles. The molecule has 2 rings (SSSR count). The van der Waals surface area contributed by atoms with Gasteiger partial charge in [0.1, 0.15) is 0 Å². The molecule has 0 unspecified atom stereocenters. The Bertz CT molecular complexity index is 556. The number of carbonyl (C=O) groups is 1. The molecule has 0 N–H and O–H groups in total. The van der Waals surface area contributed by atoms with Crippen LogP contribution in [0, 0.1) is 11.8 Å². The number of halogens is 7. The molecule has 0 saturated heterocycles. The molecule has 4 atom stereocenters. The van der Waals surface area contributed by atoms with Crippen LogP contribution < -0.4 is 0 Å². The van der Waals surface area contributed by atoms with Crippen LogP contribution in [0.25, 0.3) is 0 Å². The van der Waals surface area contributed by atoms with E-state index in [-0.39, 0.29) is 6.42 Å². The van der Waals surface area contributed by atoms with Gasteiger partial charge in [0.05, 0.1) is 0 Å². The van der Waals surface area contributed by atoms with Gasteiger partial charge >= 0.3 is 12.1 Å². The number of hydrogen-bond donors (Lipinski definition) is 0. The van der Waals surface area contributed by atoms with E-state index in [4.69, 9.17) is 0 Å². The Morgan fingerprint density at radius 3 is 2.08 bits per heavy atom. The van der Waals surface area contributed by atoms with E-state index in [0.29, 0.717) is 6.42 Å². The summed E-state index contributed by atoms with van der Waals surface area (Å²) >= 11 is 0. The van der Waals surface area contributed by atoms with Gasteiger partial charge in [-0.1, -0.05) is 51.2 Å². The smallest absolute Gasteiger partial charge is 0.296 e. The lowest BCUT2D eigenvalue weighted by molar-refractivity contribution is -0.346. The predicted molar refractivity (Wildman–Crippen MR) is 82.4 cm³/mol. The highest BCUT2D eigenvalue weighted by atomic mass is 19.4. The molecule has 0 aromatic rings. The van der Waals surface area contributed by atoms with Crippen molar-refractivity contribution in [2.45, 2.75) is 81.7 Å². The molecular weight excluding hydrogens is 365 g/mol. The van der Waals surface area contributed by atoms with Crippen LogP contribution in [0.4, 0.5) is 30.7 Å². The molecule has 0 radical (unpaired) electrons. The quantitative estimate of drug-likeness (QED) is 0.264. The lowest BCUT2D eigenvalue weighted by atomic mass is 9.70. The van der Waals surface area contributed by atoms with E-state index in [1.54, 1.807) is 0 Å². The highest BCUT2D eigenvalue weighted by Gasteiger charge is 2.86. The Hall–Kier alpha value is -1.08. The third-order valence-corrected chi connectivity index (χ3v) is 5.61. The third-order valence-electron chi connectivity index (χ3n) is 5.61. The Labute approximate surface area is 148 Å². The van der Waals surface area contributed by atoms with Crippen LogP contribution in [0.15, 0.2) is 12.2 Å². The van der Waals surface area contributed by atoms with Gasteiger partial charge in [-0.15, -0.1) is 0 Å². The van der Waals surface area contributed by atoms with Crippen LogP contribution in [-0.2, 0) is 4.79 Å². The Morgan fingerprint density at radius 2 is 1.50 bits per heavy atom. The topological polar surface area (TPSA) is 17.1 Å². The van der Waals surface area contributed by atoms with E-state index >= 15 is 8.78 Å². The van der Waals surface area contributed by atoms with Gasteiger partial charge in [0.2, 0.25) is 11.3 Å².